The summed E-state index contributed by atoms with van der Waals surface area (Å²) >= 11 is 0. The van der Waals surface area contributed by atoms with Gasteiger partial charge in [0.25, 0.3) is 11.8 Å². The summed E-state index contributed by atoms with van der Waals surface area (Å²) in [5.74, 6) is -1.81. The van der Waals surface area contributed by atoms with Crippen LogP contribution in [0.15, 0.2) is 95.9 Å². The van der Waals surface area contributed by atoms with E-state index in [9.17, 15) is 22.8 Å². The molecular formula is C25H21N3O6S. The Morgan fingerprint density at radius 1 is 0.629 bits per heavy atom. The molecule has 0 aromatic heterocycles. The molecule has 0 radical (unpaired) electrons. The van der Waals surface area contributed by atoms with Crippen LogP contribution in [-0.4, -0.2) is 53.2 Å². The first-order chi connectivity index (χ1) is 16.9. The Morgan fingerprint density at radius 3 is 1.46 bits per heavy atom. The lowest BCUT2D eigenvalue weighted by molar-refractivity contribution is -0.166. The van der Waals surface area contributed by atoms with Gasteiger partial charge in [-0.2, -0.15) is 8.42 Å². The second-order valence-corrected chi connectivity index (χ2v) is 9.74. The van der Waals surface area contributed by atoms with Crippen molar-refractivity contribution >= 4 is 28.0 Å². The van der Waals surface area contributed by atoms with E-state index in [-0.39, 0.29) is 23.0 Å². The van der Waals surface area contributed by atoms with E-state index in [2.05, 4.69) is 0 Å². The quantitative estimate of drug-likeness (QED) is 0.471. The van der Waals surface area contributed by atoms with E-state index >= 15 is 0 Å². The monoisotopic (exact) mass is 491 g/mol. The highest BCUT2D eigenvalue weighted by atomic mass is 32.2. The zero-order valence-electron chi connectivity index (χ0n) is 18.4. The summed E-state index contributed by atoms with van der Waals surface area (Å²) in [6.07, 6.45) is 0. The third-order valence-electron chi connectivity index (χ3n) is 5.96. The molecule has 3 aromatic rings. The number of hydrogen-bond acceptors (Lipinski definition) is 6. The maximum Gasteiger partial charge on any atom is 0.322 e. The van der Waals surface area contributed by atoms with Gasteiger partial charge in [0.2, 0.25) is 0 Å². The number of nitrogens with zero attached hydrogens (tertiary/aromatic N) is 3. The standard InChI is InChI=1S/C25H21N3O6S/c29-23-21-22(24(30)28(23)34-35(32,33)20-14-8-3-9-15-20)27(17-19-12-6-2-7-13-19)25(31)26(21)16-18-10-4-1-5-11-18/h1-15,21-22H,16-17H2/t21-,22+. The summed E-state index contributed by atoms with van der Waals surface area (Å²) in [4.78, 5) is 42.5. The Labute approximate surface area is 202 Å². The molecule has 0 saturated carbocycles. The van der Waals surface area contributed by atoms with Crippen LogP contribution in [0.3, 0.4) is 0 Å². The van der Waals surface area contributed by atoms with Crippen LogP contribution in [0.1, 0.15) is 11.1 Å². The van der Waals surface area contributed by atoms with Gasteiger partial charge in [-0.15, -0.1) is 9.35 Å². The van der Waals surface area contributed by atoms with E-state index in [0.717, 1.165) is 11.1 Å². The van der Waals surface area contributed by atoms with Gasteiger partial charge in [-0.1, -0.05) is 78.9 Å². The van der Waals surface area contributed by atoms with Gasteiger partial charge in [-0.3, -0.25) is 9.59 Å². The molecule has 3 aromatic carbocycles. The number of imide groups is 1. The average Bonchev–Trinajstić information content (AvgIpc) is 3.27. The molecule has 9 nitrogen and oxygen atoms in total. The molecule has 2 saturated heterocycles. The fraction of sp³-hybridized carbons (Fsp3) is 0.160. The van der Waals surface area contributed by atoms with E-state index in [1.165, 1.54) is 34.1 Å². The van der Waals surface area contributed by atoms with Crippen molar-refractivity contribution in [1.82, 2.24) is 14.9 Å². The van der Waals surface area contributed by atoms with E-state index in [0.29, 0.717) is 0 Å². The maximum absolute atomic E-state index is 13.4. The van der Waals surface area contributed by atoms with Crippen molar-refractivity contribution in [2.45, 2.75) is 30.1 Å². The third kappa shape index (κ3) is 4.17. The molecule has 178 valence electrons. The van der Waals surface area contributed by atoms with Crippen LogP contribution in [-0.2, 0) is 37.1 Å². The lowest BCUT2D eigenvalue weighted by Gasteiger charge is -2.24. The van der Waals surface area contributed by atoms with Gasteiger partial charge in [0, 0.05) is 13.1 Å². The van der Waals surface area contributed by atoms with E-state index in [1.54, 1.807) is 54.6 Å². The minimum absolute atomic E-state index is 0.0738. The summed E-state index contributed by atoms with van der Waals surface area (Å²) < 4.78 is 30.5. The van der Waals surface area contributed by atoms with Crippen molar-refractivity contribution in [3.05, 3.63) is 102 Å². The summed E-state index contributed by atoms with van der Waals surface area (Å²) in [6.45, 7) is 0.148. The van der Waals surface area contributed by atoms with Crippen LogP contribution in [0.2, 0.25) is 0 Å². The highest BCUT2D eigenvalue weighted by Gasteiger charge is 2.62. The lowest BCUT2D eigenvalue weighted by atomic mass is 10.1. The van der Waals surface area contributed by atoms with Crippen molar-refractivity contribution in [3.8, 4) is 0 Å². The van der Waals surface area contributed by atoms with Gasteiger partial charge < -0.3 is 9.80 Å². The molecule has 0 spiro atoms. The van der Waals surface area contributed by atoms with Crippen LogP contribution in [0, 0.1) is 0 Å². The van der Waals surface area contributed by atoms with Gasteiger partial charge in [0.15, 0.2) is 0 Å². The van der Waals surface area contributed by atoms with Crippen molar-refractivity contribution in [3.63, 3.8) is 0 Å². The first-order valence-corrected chi connectivity index (χ1v) is 12.3. The highest BCUT2D eigenvalue weighted by molar-refractivity contribution is 7.86. The molecule has 5 rings (SSSR count). The van der Waals surface area contributed by atoms with E-state index in [4.69, 9.17) is 4.28 Å². The van der Waals surface area contributed by atoms with Crippen molar-refractivity contribution < 1.29 is 27.1 Å². The maximum atomic E-state index is 13.4. The van der Waals surface area contributed by atoms with Gasteiger partial charge in [0.05, 0.1) is 4.90 Å². The Morgan fingerprint density at radius 2 is 1.03 bits per heavy atom. The Balaban J connectivity index is 1.49. The topological polar surface area (TPSA) is 104 Å². The molecule has 0 N–H and O–H groups in total. The molecular weight excluding hydrogens is 470 g/mol. The van der Waals surface area contributed by atoms with Gasteiger partial charge in [-0.05, 0) is 23.3 Å². The number of fused-ring (bicyclic) bond motifs is 1. The fourth-order valence-electron chi connectivity index (χ4n) is 4.32. The predicted molar refractivity (Wildman–Crippen MR) is 124 cm³/mol. The predicted octanol–water partition coefficient (Wildman–Crippen LogP) is 2.55. The van der Waals surface area contributed by atoms with E-state index in [1.807, 2.05) is 12.1 Å². The van der Waals surface area contributed by atoms with Crippen LogP contribution in [0.4, 0.5) is 4.79 Å². The zero-order chi connectivity index (χ0) is 24.6. The normalized spacial score (nSPS) is 20.0. The molecule has 0 bridgehead atoms. The fourth-order valence-corrected chi connectivity index (χ4v) is 5.24. The molecule has 35 heavy (non-hydrogen) atoms. The van der Waals surface area contributed by atoms with E-state index < -0.39 is 40.0 Å². The number of carbonyl (C=O) groups is 3. The SMILES string of the molecule is O=C1[C@@H]2[C@H](C(=O)N1OS(=O)(=O)c1ccccc1)N(Cc1ccccc1)C(=O)N2Cc1ccccc1. The van der Waals surface area contributed by atoms with Crippen molar-refractivity contribution in [2.24, 2.45) is 0 Å². The number of rotatable bonds is 7. The Bertz CT molecular complexity index is 1300. The smallest absolute Gasteiger partial charge is 0.305 e. The molecule has 4 amide bonds. The minimum atomic E-state index is -4.44. The second-order valence-electron chi connectivity index (χ2n) is 8.21. The Kier molecular flexibility index (Phi) is 5.83. The number of benzene rings is 3. The molecule has 0 aliphatic carbocycles. The first kappa shape index (κ1) is 22.8. The molecule has 2 fully saturated rings. The van der Waals surface area contributed by atoms with Gasteiger partial charge in [0.1, 0.15) is 12.1 Å². The summed E-state index contributed by atoms with van der Waals surface area (Å²) in [7, 11) is -4.44. The molecule has 2 aliphatic rings. The first-order valence-electron chi connectivity index (χ1n) is 10.9. The molecule has 2 aliphatic heterocycles. The minimum Gasteiger partial charge on any atom is -0.305 e. The van der Waals surface area contributed by atoms with Crippen LogP contribution in [0.25, 0.3) is 0 Å². The van der Waals surface area contributed by atoms with Crippen LogP contribution >= 0.6 is 0 Å². The molecule has 0 unspecified atom stereocenters. The number of carbonyl (C=O) groups excluding carboxylic acids is 3. The van der Waals surface area contributed by atoms with Gasteiger partial charge in [-0.25, -0.2) is 4.79 Å². The second kappa shape index (κ2) is 8.97. The van der Waals surface area contributed by atoms with Crippen LogP contribution < -0.4 is 0 Å². The zero-order valence-corrected chi connectivity index (χ0v) is 19.2. The highest BCUT2D eigenvalue weighted by Crippen LogP contribution is 2.35. The number of hydroxylamine groups is 2. The van der Waals surface area contributed by atoms with Gasteiger partial charge >= 0.3 is 16.1 Å². The largest absolute Gasteiger partial charge is 0.322 e. The third-order valence-corrected chi connectivity index (χ3v) is 7.16. The lowest BCUT2D eigenvalue weighted by Crippen LogP contribution is -2.44. The molecule has 2 heterocycles. The Hall–Kier alpha value is -4.02. The molecule has 10 heteroatoms. The summed E-state index contributed by atoms with van der Waals surface area (Å²) in [6, 6.07) is 22.4. The van der Waals surface area contributed by atoms with Crippen molar-refractivity contribution in [1.29, 1.82) is 0 Å². The summed E-state index contributed by atoms with van der Waals surface area (Å²) in [5.41, 5.74) is 1.52. The van der Waals surface area contributed by atoms with Crippen LogP contribution in [0.5, 0.6) is 0 Å². The number of urea groups is 1. The number of hydrogen-bond donors (Lipinski definition) is 0. The summed E-state index contributed by atoms with van der Waals surface area (Å²) in [5, 5.41) is 0.278. The molecule has 2 atom stereocenters. The number of amides is 4. The van der Waals surface area contributed by atoms with Crippen molar-refractivity contribution in [2.75, 3.05) is 0 Å². The average molecular weight is 492 g/mol.